The van der Waals surface area contributed by atoms with Gasteiger partial charge in [-0.1, -0.05) is 75.4 Å². The zero-order chi connectivity index (χ0) is 51.7. The number of imidazole rings is 1. The van der Waals surface area contributed by atoms with Crippen LogP contribution < -0.4 is 16.3 Å². The van der Waals surface area contributed by atoms with Crippen molar-refractivity contribution in [3.05, 3.63) is 105 Å². The number of morpholine rings is 1. The molecule has 1 unspecified atom stereocenters. The Morgan fingerprint density at radius 2 is 1.74 bits per heavy atom. The Morgan fingerprint density at radius 3 is 2.46 bits per heavy atom. The number of fused-ring (bicyclic) bond motifs is 2. The number of carbonyl (C=O) groups is 5. The lowest BCUT2D eigenvalue weighted by molar-refractivity contribution is -0.154. The molecular formula is C51H57F2N6O11PS. The summed E-state index contributed by atoms with van der Waals surface area (Å²) in [7, 11) is -4.21. The van der Waals surface area contributed by atoms with Crippen molar-refractivity contribution in [2.75, 3.05) is 32.8 Å². The number of nitrogens with one attached hydrogen (secondary N) is 2. The maximum atomic E-state index is 14.8. The molecule has 3 aromatic carbocycles. The molecule has 5 amide bonds. The molecule has 5 aromatic rings. The van der Waals surface area contributed by atoms with Crippen LogP contribution in [0, 0.1) is 17.3 Å². The van der Waals surface area contributed by atoms with E-state index in [9.17, 15) is 51.9 Å². The van der Waals surface area contributed by atoms with Gasteiger partial charge in [-0.25, -0.2) is 4.79 Å². The number of halogens is 2. The lowest BCUT2D eigenvalue weighted by atomic mass is 9.85. The standard InChI is InChI=1S/C51H57F2N6O11PS/c1-50(2,3)44(55-46(62)41-29-33-28-34(17-20-40(33)72-41)51(52,53)71(66,67)68)48(64)58-23-22-38(43(58)47(63)57-24-26-70-39(30-57)32-14-10-8-11-15-32)69-25-12-7-5-6-9-13-31-16-18-35-37(27-31)56(4)49(65)59(35)36-19-21-42(60)54-45(36)61/h8,10-11,14-18,20,27-29,36,38-39,43-44H,5-7,12,19,21-26,30H2,1-4H3,(H,55,62)(H,54,60,61)(H2,66,67,68)/t36?,38-,39+,43+,44-/m1/s1. The summed E-state index contributed by atoms with van der Waals surface area (Å²) >= 11 is 0.969. The quantitative estimate of drug-likeness (QED) is 0.0431. The van der Waals surface area contributed by atoms with Crippen molar-refractivity contribution in [3.8, 4) is 11.8 Å². The molecule has 3 aliphatic rings. The van der Waals surface area contributed by atoms with Gasteiger partial charge in [0.1, 0.15) is 24.2 Å². The molecule has 0 saturated carbocycles. The van der Waals surface area contributed by atoms with Crippen molar-refractivity contribution in [3.63, 3.8) is 0 Å². The number of benzene rings is 3. The fourth-order valence-corrected chi connectivity index (χ4v) is 10.9. The van der Waals surface area contributed by atoms with Crippen LogP contribution in [0.4, 0.5) is 8.78 Å². The van der Waals surface area contributed by atoms with E-state index in [0.29, 0.717) is 53.7 Å². The van der Waals surface area contributed by atoms with Crippen LogP contribution >= 0.6 is 18.9 Å². The molecule has 0 bridgehead atoms. The lowest BCUT2D eigenvalue weighted by Gasteiger charge is -2.39. The van der Waals surface area contributed by atoms with Gasteiger partial charge in [-0.15, -0.1) is 11.3 Å². The second kappa shape index (κ2) is 21.2. The third-order valence-electron chi connectivity index (χ3n) is 13.4. The van der Waals surface area contributed by atoms with Gasteiger partial charge in [-0.3, -0.25) is 43.0 Å². The number of amides is 5. The van der Waals surface area contributed by atoms with E-state index in [-0.39, 0.29) is 66.4 Å². The van der Waals surface area contributed by atoms with Gasteiger partial charge in [0.05, 0.1) is 35.2 Å². The minimum Gasteiger partial charge on any atom is -0.375 e. The van der Waals surface area contributed by atoms with Crippen LogP contribution in [0.15, 0.2) is 77.6 Å². The van der Waals surface area contributed by atoms with Gasteiger partial charge >= 0.3 is 18.9 Å². The number of piperidine rings is 1. The van der Waals surface area contributed by atoms with Gasteiger partial charge in [0, 0.05) is 55.4 Å². The van der Waals surface area contributed by atoms with Crippen molar-refractivity contribution in [1.82, 2.24) is 29.6 Å². The van der Waals surface area contributed by atoms with Crippen molar-refractivity contribution in [2.24, 2.45) is 12.5 Å². The van der Waals surface area contributed by atoms with Gasteiger partial charge in [-0.2, -0.15) is 8.78 Å². The zero-order valence-electron chi connectivity index (χ0n) is 40.3. The Balaban J connectivity index is 0.929. The van der Waals surface area contributed by atoms with Crippen LogP contribution in [0.3, 0.4) is 0 Å². The summed E-state index contributed by atoms with van der Waals surface area (Å²) < 4.78 is 56.5. The highest BCUT2D eigenvalue weighted by Gasteiger charge is 2.51. The van der Waals surface area contributed by atoms with Gasteiger partial charge < -0.3 is 34.4 Å². The molecule has 8 rings (SSSR count). The Hall–Kier alpha value is -6.07. The Morgan fingerprint density at radius 1 is 0.972 bits per heavy atom. The van der Waals surface area contributed by atoms with Gasteiger partial charge in [0.2, 0.25) is 23.6 Å². The van der Waals surface area contributed by atoms with E-state index < -0.39 is 66.2 Å². The molecule has 3 fully saturated rings. The first kappa shape index (κ1) is 52.3. The normalized spacial score (nSPS) is 20.3. The zero-order valence-corrected chi connectivity index (χ0v) is 42.0. The molecule has 0 radical (unpaired) electrons. The van der Waals surface area contributed by atoms with E-state index in [1.54, 1.807) is 50.9 Å². The van der Waals surface area contributed by atoms with Gasteiger partial charge in [-0.05, 0) is 78.4 Å². The van der Waals surface area contributed by atoms with E-state index in [2.05, 4.69) is 22.5 Å². The number of rotatable bonds is 14. The fraction of sp³-hybridized carbons (Fsp3) is 0.451. The average molecular weight is 1030 g/mol. The van der Waals surface area contributed by atoms with E-state index in [1.165, 1.54) is 26.2 Å². The van der Waals surface area contributed by atoms with Crippen molar-refractivity contribution in [1.29, 1.82) is 0 Å². The second-order valence-corrected chi connectivity index (χ2v) is 22.2. The number of unbranched alkanes of at least 4 members (excludes halogenated alkanes) is 3. The number of carbonyl (C=O) groups excluding carboxylic acids is 5. The average Bonchev–Trinajstić information content (AvgIpc) is 4.04. The fourth-order valence-electron chi connectivity index (χ4n) is 9.47. The topological polar surface area (TPSA) is 219 Å². The minimum absolute atomic E-state index is 0.0825. The van der Waals surface area contributed by atoms with Crippen molar-refractivity contribution in [2.45, 2.75) is 102 Å². The summed E-state index contributed by atoms with van der Waals surface area (Å²) in [6, 6.07) is 16.4. The van der Waals surface area contributed by atoms with Crippen LogP contribution in [0.1, 0.15) is 104 Å². The first-order valence-electron chi connectivity index (χ1n) is 23.8. The number of likely N-dealkylation sites (tertiary alicyclic amines) is 1. The number of imide groups is 1. The summed E-state index contributed by atoms with van der Waals surface area (Å²) in [4.78, 5) is 103. The maximum Gasteiger partial charge on any atom is 0.399 e. The molecule has 3 saturated heterocycles. The van der Waals surface area contributed by atoms with Crippen LogP contribution in [0.25, 0.3) is 21.1 Å². The molecule has 5 atom stereocenters. The number of ether oxygens (including phenoxy) is 2. The SMILES string of the molecule is Cn1c(=O)n(C2CCC(=O)NC2=O)c2ccc(C#CCCCCCO[C@@H]3CCN(C(=O)[C@@H](NC(=O)c4cc5cc(C(F)(F)P(=O)(O)O)ccc5s4)C(C)(C)C)[C@@H]3C(=O)N3CCO[C@H](c4ccccc4)C3)cc21. The Kier molecular flexibility index (Phi) is 15.4. The summed E-state index contributed by atoms with van der Waals surface area (Å²) in [5.74, 6) is 4.04. The highest BCUT2D eigenvalue weighted by molar-refractivity contribution is 7.52. The molecule has 382 valence electrons. The highest BCUT2D eigenvalue weighted by Crippen LogP contribution is 2.59. The van der Waals surface area contributed by atoms with E-state index in [0.717, 1.165) is 41.9 Å². The Labute approximate surface area is 418 Å². The van der Waals surface area contributed by atoms with Gasteiger partial charge in [0.25, 0.3) is 5.91 Å². The predicted molar refractivity (Wildman–Crippen MR) is 264 cm³/mol. The van der Waals surface area contributed by atoms with Crippen LogP contribution in [0.5, 0.6) is 0 Å². The van der Waals surface area contributed by atoms with E-state index in [4.69, 9.17) is 9.47 Å². The van der Waals surface area contributed by atoms with Crippen LogP contribution in [0.2, 0.25) is 0 Å². The summed E-state index contributed by atoms with van der Waals surface area (Å²) in [6.07, 6.45) is 2.44. The number of nitrogens with zero attached hydrogens (tertiary/aromatic N) is 4. The lowest BCUT2D eigenvalue weighted by Crippen LogP contribution is -2.60. The van der Waals surface area contributed by atoms with Crippen molar-refractivity contribution >= 4 is 69.6 Å². The largest absolute Gasteiger partial charge is 0.399 e. The summed E-state index contributed by atoms with van der Waals surface area (Å²) in [5.41, 5.74) is -3.77. The van der Waals surface area contributed by atoms with Gasteiger partial charge in [0.15, 0.2) is 0 Å². The molecule has 17 nitrogen and oxygen atoms in total. The number of alkyl halides is 2. The number of hydrogen-bond donors (Lipinski definition) is 4. The first-order valence-corrected chi connectivity index (χ1v) is 26.3. The van der Waals surface area contributed by atoms with E-state index >= 15 is 0 Å². The maximum absolute atomic E-state index is 14.8. The molecule has 0 aliphatic carbocycles. The monoisotopic (exact) mass is 1030 g/mol. The minimum atomic E-state index is -5.84. The smallest absolute Gasteiger partial charge is 0.375 e. The number of aromatic nitrogens is 2. The van der Waals surface area contributed by atoms with Crippen LogP contribution in [-0.4, -0.2) is 109 Å². The first-order chi connectivity index (χ1) is 34.1. The third kappa shape index (κ3) is 11.0. The van der Waals surface area contributed by atoms with Crippen LogP contribution in [-0.2, 0) is 45.9 Å². The molecule has 2 aromatic heterocycles. The van der Waals surface area contributed by atoms with E-state index in [1.807, 2.05) is 30.3 Å². The summed E-state index contributed by atoms with van der Waals surface area (Å²) in [5, 5.41) is 5.33. The molecule has 21 heteroatoms. The molecule has 0 spiro atoms. The third-order valence-corrected chi connectivity index (χ3v) is 15.5. The second-order valence-electron chi connectivity index (χ2n) is 19.4. The Bertz CT molecular complexity index is 3080. The molecule has 4 N–H and O–H groups in total. The molecule has 5 heterocycles. The number of hydrogen-bond acceptors (Lipinski definition) is 10. The molecular weight excluding hydrogens is 974 g/mol. The predicted octanol–water partition coefficient (Wildman–Crippen LogP) is 6.10. The number of aryl methyl sites for hydroxylation is 1. The number of thiophene rings is 1. The molecule has 3 aliphatic heterocycles. The molecule has 72 heavy (non-hydrogen) atoms. The summed E-state index contributed by atoms with van der Waals surface area (Å²) in [6.45, 7) is 6.64. The highest BCUT2D eigenvalue weighted by atomic mass is 32.1. The van der Waals surface area contributed by atoms with Crippen molar-refractivity contribution < 1.29 is 56.6 Å².